The summed E-state index contributed by atoms with van der Waals surface area (Å²) in [6, 6.07) is 4.17. The van der Waals surface area contributed by atoms with Gasteiger partial charge < -0.3 is 9.47 Å². The van der Waals surface area contributed by atoms with Crippen molar-refractivity contribution in [3.8, 4) is 11.5 Å². The van der Waals surface area contributed by atoms with Crippen molar-refractivity contribution >= 4 is 16.8 Å². The van der Waals surface area contributed by atoms with Gasteiger partial charge in [0.05, 0.1) is 11.6 Å². The molecule has 1 atom stereocenters. The second kappa shape index (κ2) is 4.42. The van der Waals surface area contributed by atoms with E-state index in [0.717, 1.165) is 0 Å². The molecule has 7 heteroatoms. The molecule has 21 heavy (non-hydrogen) atoms. The van der Waals surface area contributed by atoms with E-state index in [0.29, 0.717) is 10.9 Å². The van der Waals surface area contributed by atoms with E-state index in [1.54, 1.807) is 38.2 Å². The zero-order valence-electron chi connectivity index (χ0n) is 11.8. The van der Waals surface area contributed by atoms with Gasteiger partial charge in [-0.15, -0.1) is 8.78 Å². The average Bonchev–Trinajstić information content (AvgIpc) is 2.91. The van der Waals surface area contributed by atoms with Crippen molar-refractivity contribution < 1.29 is 23.0 Å². The van der Waals surface area contributed by atoms with Gasteiger partial charge in [-0.05, 0) is 33.2 Å². The Hall–Kier alpha value is -2.15. The normalized spacial score (nSPS) is 17.4. The van der Waals surface area contributed by atoms with Crippen LogP contribution in [0.4, 0.5) is 8.78 Å². The maximum Gasteiger partial charge on any atom is 0.586 e. The van der Waals surface area contributed by atoms with E-state index in [1.807, 2.05) is 0 Å². The lowest BCUT2D eigenvalue weighted by molar-refractivity contribution is -0.286. The molecule has 1 aliphatic heterocycles. The summed E-state index contributed by atoms with van der Waals surface area (Å²) in [5, 5.41) is 0.634. The number of nitrogens with zero attached hydrogens (tertiary/aromatic N) is 2. The van der Waals surface area contributed by atoms with Gasteiger partial charge in [-0.3, -0.25) is 14.3 Å². The molecule has 1 unspecified atom stereocenters. The predicted molar refractivity (Wildman–Crippen MR) is 71.9 cm³/mol. The van der Waals surface area contributed by atoms with Crippen LogP contribution in [-0.2, 0) is 0 Å². The van der Waals surface area contributed by atoms with E-state index in [4.69, 9.17) is 0 Å². The summed E-state index contributed by atoms with van der Waals surface area (Å²) >= 11 is 0. The van der Waals surface area contributed by atoms with Crippen LogP contribution in [0.5, 0.6) is 11.5 Å². The van der Waals surface area contributed by atoms with Crippen LogP contribution in [0.25, 0.3) is 10.9 Å². The van der Waals surface area contributed by atoms with Crippen LogP contribution in [0.1, 0.15) is 11.7 Å². The number of hydrogen-bond acceptors (Lipinski definition) is 4. The fraction of sp³-hybridized carbons (Fsp3) is 0.357. The number of fused-ring (bicyclic) bond motifs is 2. The van der Waals surface area contributed by atoms with E-state index in [2.05, 4.69) is 9.47 Å². The van der Waals surface area contributed by atoms with Crippen LogP contribution < -0.4 is 9.47 Å². The first-order valence-corrected chi connectivity index (χ1v) is 6.40. The summed E-state index contributed by atoms with van der Waals surface area (Å²) in [6.07, 6.45) is -2.05. The van der Waals surface area contributed by atoms with Gasteiger partial charge in [-0.2, -0.15) is 0 Å². The second-order valence-corrected chi connectivity index (χ2v) is 5.19. The fourth-order valence-corrected chi connectivity index (χ4v) is 2.19. The molecule has 5 nitrogen and oxygen atoms in total. The molecule has 0 aliphatic carbocycles. The molecule has 1 aromatic heterocycles. The van der Waals surface area contributed by atoms with Crippen LogP contribution in [0.2, 0.25) is 0 Å². The first-order valence-electron chi connectivity index (χ1n) is 6.40. The van der Waals surface area contributed by atoms with Gasteiger partial charge in [-0.1, -0.05) is 0 Å². The molecule has 0 radical (unpaired) electrons. The Labute approximate surface area is 119 Å². The van der Waals surface area contributed by atoms with Crippen molar-refractivity contribution in [1.29, 1.82) is 0 Å². The predicted octanol–water partition coefficient (Wildman–Crippen LogP) is 2.55. The molecule has 2 aromatic rings. The molecule has 3 rings (SSSR count). The number of likely N-dealkylation sites (N-methyl/N-ethyl adjacent to an activating group) is 1. The Kier molecular flexibility index (Phi) is 2.91. The summed E-state index contributed by atoms with van der Waals surface area (Å²) < 4.78 is 36.4. The summed E-state index contributed by atoms with van der Waals surface area (Å²) in [5.74, 6) is -0.253. The standard InChI is InChI=1S/C14H14F2N2O3/c1-8(17(2)3)13(19)18-5-4-9-6-11-12(7-10(9)18)21-14(15,16)20-11/h4-8H,1-3H3. The van der Waals surface area contributed by atoms with Gasteiger partial charge in [0, 0.05) is 17.6 Å². The van der Waals surface area contributed by atoms with Gasteiger partial charge >= 0.3 is 6.29 Å². The van der Waals surface area contributed by atoms with E-state index in [-0.39, 0.29) is 23.4 Å². The summed E-state index contributed by atoms with van der Waals surface area (Å²) in [4.78, 5) is 14.2. The molecule has 0 bridgehead atoms. The minimum absolute atomic E-state index is 0.0293. The average molecular weight is 296 g/mol. The number of carbonyl (C=O) groups excluding carboxylic acids is 1. The number of halogens is 2. The highest BCUT2D eigenvalue weighted by molar-refractivity contribution is 5.96. The Morgan fingerprint density at radius 3 is 2.52 bits per heavy atom. The van der Waals surface area contributed by atoms with Crippen molar-refractivity contribution in [1.82, 2.24) is 9.47 Å². The topological polar surface area (TPSA) is 43.7 Å². The first-order chi connectivity index (χ1) is 9.78. The fourth-order valence-electron chi connectivity index (χ4n) is 2.19. The van der Waals surface area contributed by atoms with Crippen molar-refractivity contribution in [2.45, 2.75) is 19.3 Å². The van der Waals surface area contributed by atoms with Crippen molar-refractivity contribution in [2.24, 2.45) is 0 Å². The van der Waals surface area contributed by atoms with Crippen LogP contribution in [-0.4, -0.2) is 41.8 Å². The van der Waals surface area contributed by atoms with Crippen LogP contribution in [0.3, 0.4) is 0 Å². The van der Waals surface area contributed by atoms with Crippen molar-refractivity contribution in [3.05, 3.63) is 24.4 Å². The molecule has 112 valence electrons. The summed E-state index contributed by atoms with van der Waals surface area (Å²) in [7, 11) is 3.59. The second-order valence-electron chi connectivity index (χ2n) is 5.19. The Morgan fingerprint density at radius 1 is 1.29 bits per heavy atom. The quantitative estimate of drug-likeness (QED) is 0.854. The van der Waals surface area contributed by atoms with Crippen molar-refractivity contribution in [3.63, 3.8) is 0 Å². The SMILES string of the molecule is CC(C(=O)n1ccc2cc3c(cc21)OC(F)(F)O3)N(C)C. The minimum Gasteiger partial charge on any atom is -0.395 e. The molecular weight excluding hydrogens is 282 g/mol. The monoisotopic (exact) mass is 296 g/mol. The maximum atomic E-state index is 13.1. The number of ether oxygens (including phenoxy) is 2. The van der Waals surface area contributed by atoms with E-state index < -0.39 is 6.29 Å². The molecule has 0 spiro atoms. The Balaban J connectivity index is 2.06. The Bertz CT molecular complexity index is 724. The van der Waals surface area contributed by atoms with Crippen LogP contribution in [0, 0.1) is 0 Å². The molecule has 0 amide bonds. The van der Waals surface area contributed by atoms with Crippen molar-refractivity contribution in [2.75, 3.05) is 14.1 Å². The molecular formula is C14H14F2N2O3. The zero-order chi connectivity index (χ0) is 15.4. The van der Waals surface area contributed by atoms with E-state index in [1.165, 1.54) is 16.7 Å². The molecule has 0 saturated carbocycles. The Morgan fingerprint density at radius 2 is 1.90 bits per heavy atom. The lowest BCUT2D eigenvalue weighted by atomic mass is 10.2. The highest BCUT2D eigenvalue weighted by Crippen LogP contribution is 2.43. The van der Waals surface area contributed by atoms with E-state index in [9.17, 15) is 13.6 Å². The van der Waals surface area contributed by atoms with Gasteiger partial charge in [-0.25, -0.2) is 0 Å². The first kappa shape index (κ1) is 13.8. The highest BCUT2D eigenvalue weighted by Gasteiger charge is 2.43. The number of rotatable bonds is 2. The number of aromatic nitrogens is 1. The third-order valence-electron chi connectivity index (χ3n) is 3.58. The third kappa shape index (κ3) is 2.23. The summed E-state index contributed by atoms with van der Waals surface area (Å²) in [5.41, 5.74) is 0.508. The highest BCUT2D eigenvalue weighted by atomic mass is 19.3. The maximum absolute atomic E-state index is 13.1. The molecule has 0 saturated heterocycles. The number of hydrogen-bond donors (Lipinski definition) is 0. The molecule has 2 heterocycles. The van der Waals surface area contributed by atoms with E-state index >= 15 is 0 Å². The zero-order valence-corrected chi connectivity index (χ0v) is 11.8. The van der Waals surface area contributed by atoms with Gasteiger partial charge in [0.2, 0.25) is 5.91 Å². The van der Waals surface area contributed by atoms with Crippen LogP contribution >= 0.6 is 0 Å². The lowest BCUT2D eigenvalue weighted by Crippen LogP contribution is -2.36. The molecule has 0 fully saturated rings. The molecule has 1 aliphatic rings. The lowest BCUT2D eigenvalue weighted by Gasteiger charge is -2.19. The van der Waals surface area contributed by atoms with Crippen LogP contribution in [0.15, 0.2) is 24.4 Å². The van der Waals surface area contributed by atoms with Gasteiger partial charge in [0.25, 0.3) is 0 Å². The smallest absolute Gasteiger partial charge is 0.395 e. The largest absolute Gasteiger partial charge is 0.586 e. The molecule has 1 aromatic carbocycles. The minimum atomic E-state index is -3.66. The van der Waals surface area contributed by atoms with Gasteiger partial charge in [0.1, 0.15) is 0 Å². The van der Waals surface area contributed by atoms with Gasteiger partial charge in [0.15, 0.2) is 11.5 Å². The number of benzene rings is 1. The third-order valence-corrected chi connectivity index (χ3v) is 3.58. The summed E-state index contributed by atoms with van der Waals surface area (Å²) in [6.45, 7) is 1.77. The number of carbonyl (C=O) groups is 1. The number of alkyl halides is 2. The molecule has 0 N–H and O–H groups in total.